The van der Waals surface area contributed by atoms with Crippen LogP contribution in [0.25, 0.3) is 10.7 Å². The number of anilines is 6. The summed E-state index contributed by atoms with van der Waals surface area (Å²) in [4.78, 5) is 31.3. The summed E-state index contributed by atoms with van der Waals surface area (Å²) in [5, 5.41) is 50.3. The zero-order chi connectivity index (χ0) is 64.2. The van der Waals surface area contributed by atoms with Gasteiger partial charge in [-0.3, -0.25) is 15.0 Å². The van der Waals surface area contributed by atoms with Gasteiger partial charge in [-0.1, -0.05) is 90.9 Å². The fraction of sp³-hybridized carbons (Fsp3) is 0.321. The maximum absolute atomic E-state index is 12.8. The van der Waals surface area contributed by atoms with Gasteiger partial charge in [-0.25, -0.2) is 15.0 Å². The van der Waals surface area contributed by atoms with Crippen molar-refractivity contribution in [3.05, 3.63) is 175 Å². The minimum absolute atomic E-state index is 0.0450. The van der Waals surface area contributed by atoms with Gasteiger partial charge in [-0.2, -0.15) is 28.4 Å². The van der Waals surface area contributed by atoms with Crippen molar-refractivity contribution in [1.82, 2.24) is 91.0 Å². The highest BCUT2D eigenvalue weighted by Gasteiger charge is 2.41. The average Bonchev–Trinajstić information content (AvgIpc) is 2.44. The monoisotopic (exact) mass is 1360 g/mol. The summed E-state index contributed by atoms with van der Waals surface area (Å²) in [7, 11) is 0. The molecule has 0 saturated carbocycles. The summed E-state index contributed by atoms with van der Waals surface area (Å²) in [6, 6.07) is 14.1. The highest BCUT2D eigenvalue weighted by molar-refractivity contribution is 7.15. The summed E-state index contributed by atoms with van der Waals surface area (Å²) < 4.78 is 63.7. The van der Waals surface area contributed by atoms with Gasteiger partial charge in [0.2, 0.25) is 5.82 Å². The molecule has 0 amide bonds. The molecule has 2 N–H and O–H groups in total. The van der Waals surface area contributed by atoms with E-state index in [1.54, 1.807) is 98.5 Å². The largest absolute Gasteiger partial charge is 0.471 e. The molecule has 4 aliphatic heterocycles. The maximum atomic E-state index is 12.8. The molecule has 91 heavy (non-hydrogen) atoms. The number of hydrogen-bond acceptors (Lipinski definition) is 27. The van der Waals surface area contributed by atoms with Crippen LogP contribution in [-0.4, -0.2) is 144 Å². The van der Waals surface area contributed by atoms with E-state index < -0.39 is 12.1 Å². The van der Waals surface area contributed by atoms with Gasteiger partial charge in [-0.05, 0) is 59.7 Å². The molecule has 0 radical (unpaired) electrons. The molecule has 10 aromatic heterocycles. The molecule has 0 unspecified atom stereocenters. The summed E-state index contributed by atoms with van der Waals surface area (Å²) in [5.74, 6) is 2.13. The van der Waals surface area contributed by atoms with Crippen molar-refractivity contribution in [2.45, 2.75) is 62.1 Å². The molecule has 35 heteroatoms. The molecule has 14 rings (SSSR count). The second-order valence-corrected chi connectivity index (χ2v) is 24.6. The molecule has 0 aromatic carbocycles. The van der Waals surface area contributed by atoms with E-state index in [9.17, 15) is 13.2 Å². The Labute approximate surface area is 545 Å². The lowest BCUT2D eigenvalue weighted by atomic mass is 9.82. The number of ether oxygens (including phenoxy) is 4. The first-order valence-electron chi connectivity index (χ1n) is 27.1. The number of halogens is 8. The molecular formula is C56H51Cl5F3N21O5S. The number of nitrogens with one attached hydrogen (secondary N) is 2. The van der Waals surface area contributed by atoms with Crippen LogP contribution < -0.4 is 15.5 Å². The van der Waals surface area contributed by atoms with Gasteiger partial charge in [0.05, 0.1) is 95.3 Å². The van der Waals surface area contributed by atoms with Crippen LogP contribution in [0.4, 0.5) is 48.1 Å². The van der Waals surface area contributed by atoms with Crippen LogP contribution in [0.2, 0.25) is 25.8 Å². The predicted molar refractivity (Wildman–Crippen MR) is 329 cm³/mol. The van der Waals surface area contributed by atoms with Gasteiger partial charge in [0, 0.05) is 74.8 Å². The van der Waals surface area contributed by atoms with Crippen molar-refractivity contribution in [3.63, 3.8) is 0 Å². The molecule has 0 spiro atoms. The SMILES string of the molecule is CC1(c2cc(Cl)nnc2Cl)COC1.CC1(c2cc(Nc3cnccn3)nnc2Cl)COC1.CC1(c2cnnc(N(Cc3ccc(-c4noc(C(F)(F)F)n4)s3)c3cnccn3)c2)COC1.CC1(c2cnnc(Nc3cnccn3)c2)COC1.Clc1ccc(Cl)nn1. The number of hydrogen-bond donors (Lipinski definition) is 2. The fourth-order valence-corrected chi connectivity index (χ4v) is 10.6. The summed E-state index contributed by atoms with van der Waals surface area (Å²) in [6.45, 7) is 14.0. The number of aromatic nitrogens is 18. The topological polar surface area (TPSA) is 309 Å². The summed E-state index contributed by atoms with van der Waals surface area (Å²) in [6.07, 6.45) is 13.3. The molecule has 4 aliphatic rings. The van der Waals surface area contributed by atoms with E-state index in [2.05, 4.69) is 134 Å². The number of alkyl halides is 3. The van der Waals surface area contributed by atoms with Crippen LogP contribution in [-0.2, 0) is 53.3 Å². The van der Waals surface area contributed by atoms with E-state index in [-0.39, 0.29) is 27.5 Å². The Morgan fingerprint density at radius 1 is 0.505 bits per heavy atom. The Morgan fingerprint density at radius 3 is 1.51 bits per heavy atom. The molecule has 4 saturated heterocycles. The van der Waals surface area contributed by atoms with E-state index in [0.717, 1.165) is 40.3 Å². The minimum Gasteiger partial charge on any atom is -0.379 e. The zero-order valence-corrected chi connectivity index (χ0v) is 52.9. The van der Waals surface area contributed by atoms with Crippen LogP contribution in [0, 0.1) is 0 Å². The first-order chi connectivity index (χ1) is 43.7. The molecule has 472 valence electrons. The Kier molecular flexibility index (Phi) is 21.0. The molecule has 14 heterocycles. The normalized spacial score (nSPS) is 16.0. The Balaban J connectivity index is 0.000000134. The molecule has 10 aromatic rings. The van der Waals surface area contributed by atoms with E-state index in [1.165, 1.54) is 11.3 Å². The van der Waals surface area contributed by atoms with Gasteiger partial charge in [0.1, 0.15) is 11.6 Å². The van der Waals surface area contributed by atoms with Crippen LogP contribution in [0.1, 0.15) is 60.7 Å². The molecule has 0 bridgehead atoms. The first-order valence-corrected chi connectivity index (χ1v) is 29.8. The van der Waals surface area contributed by atoms with E-state index in [1.807, 2.05) is 23.1 Å². The molecular weight excluding hydrogens is 1310 g/mol. The highest BCUT2D eigenvalue weighted by Crippen LogP contribution is 2.39. The Hall–Kier alpha value is -8.04. The Morgan fingerprint density at radius 2 is 1.01 bits per heavy atom. The molecule has 0 atom stereocenters. The third-order valence-corrected chi connectivity index (χ3v) is 16.2. The summed E-state index contributed by atoms with van der Waals surface area (Å²) >= 11 is 29.7. The van der Waals surface area contributed by atoms with Crippen molar-refractivity contribution in [1.29, 1.82) is 0 Å². The first kappa shape index (κ1) is 65.9. The van der Waals surface area contributed by atoms with Crippen LogP contribution >= 0.6 is 69.3 Å². The van der Waals surface area contributed by atoms with E-state index >= 15 is 0 Å². The van der Waals surface area contributed by atoms with Gasteiger partial charge in [0.15, 0.2) is 49.0 Å². The second kappa shape index (κ2) is 29.1. The fourth-order valence-electron chi connectivity index (χ4n) is 8.67. The quantitative estimate of drug-likeness (QED) is 0.108. The summed E-state index contributed by atoms with van der Waals surface area (Å²) in [5.41, 5.74) is 3.74. The van der Waals surface area contributed by atoms with Crippen molar-refractivity contribution < 1.29 is 36.6 Å². The minimum atomic E-state index is -4.69. The predicted octanol–water partition coefficient (Wildman–Crippen LogP) is 11.1. The van der Waals surface area contributed by atoms with E-state index in [4.69, 9.17) is 77.0 Å². The lowest BCUT2D eigenvalue weighted by Crippen LogP contribution is -2.44. The average molecular weight is 1360 g/mol. The van der Waals surface area contributed by atoms with Crippen LogP contribution in [0.15, 0.2) is 121 Å². The van der Waals surface area contributed by atoms with Gasteiger partial charge < -0.3 is 39.0 Å². The molecule has 4 fully saturated rings. The number of rotatable bonds is 13. The lowest BCUT2D eigenvalue weighted by Gasteiger charge is -2.38. The lowest BCUT2D eigenvalue weighted by molar-refractivity contribution is -0.159. The van der Waals surface area contributed by atoms with Crippen LogP contribution in [0.3, 0.4) is 0 Å². The highest BCUT2D eigenvalue weighted by atomic mass is 35.5. The van der Waals surface area contributed by atoms with E-state index in [0.29, 0.717) is 112 Å². The number of thiophene rings is 1. The standard InChI is InChI=1S/C20H16F3N7O2S.C12H12ClN5O.C12H13N5O.C8H8Cl2N2O.C4H2Cl2N2/c1-19(10-31-11-19)12-6-15(28-26-7-12)30(16-8-24-4-5-25-16)9-13-2-3-14(33-13)17-27-18(32-29-17)20(21,22)23;1-12(6-19-7-12)8-4-9(17-18-11(8)13)16-10-5-14-2-3-15-10;1-12(7-18-8-12)9-4-10(17-15-5-9)16-11-6-13-2-3-14-11;1-8(3-13-4-8)5-2-6(9)11-12-7(5)10;5-3-1-2-4(6)8-7-3/h2-8H,9-11H2,1H3;2-5H,6-7H2,1H3,(H,15,16,17);2-6H,7-8H2,1H3,(H,14,16,17);2H,3-4H2,1H3;1-2H. The van der Waals surface area contributed by atoms with Crippen molar-refractivity contribution in [3.8, 4) is 10.7 Å². The smallest absolute Gasteiger partial charge is 0.379 e. The third kappa shape index (κ3) is 16.9. The van der Waals surface area contributed by atoms with Crippen molar-refractivity contribution in [2.24, 2.45) is 0 Å². The number of nitrogens with zero attached hydrogens (tertiary/aromatic N) is 19. The maximum Gasteiger partial charge on any atom is 0.471 e. The molecule has 26 nitrogen and oxygen atoms in total. The zero-order valence-electron chi connectivity index (χ0n) is 48.3. The van der Waals surface area contributed by atoms with Crippen LogP contribution in [0.5, 0.6) is 0 Å². The van der Waals surface area contributed by atoms with Gasteiger partial charge >= 0.3 is 12.1 Å². The van der Waals surface area contributed by atoms with Gasteiger partial charge in [-0.15, -0.1) is 52.1 Å². The molecule has 0 aliphatic carbocycles. The second-order valence-electron chi connectivity index (χ2n) is 21.6. The van der Waals surface area contributed by atoms with Crippen molar-refractivity contribution >= 4 is 104 Å². The Bertz CT molecular complexity index is 4000. The van der Waals surface area contributed by atoms with Gasteiger partial charge in [0.25, 0.3) is 0 Å². The van der Waals surface area contributed by atoms with Crippen molar-refractivity contribution in [2.75, 3.05) is 68.4 Å². The third-order valence-electron chi connectivity index (χ3n) is 14.0.